The fourth-order valence-corrected chi connectivity index (χ4v) is 3.26. The lowest BCUT2D eigenvalue weighted by Gasteiger charge is -2.45. The Kier molecular flexibility index (Phi) is 7.49. The summed E-state index contributed by atoms with van der Waals surface area (Å²) in [5.41, 5.74) is 0. The number of hydrogen-bond donors (Lipinski definition) is 5. The quantitative estimate of drug-likeness (QED) is 0.298. The number of aliphatic hydroxyl groups is 5. The lowest BCUT2D eigenvalue weighted by atomic mass is 9.91. The number of rotatable bonds is 7. The minimum absolute atomic E-state index is 0.358. The summed E-state index contributed by atoms with van der Waals surface area (Å²) in [6.45, 7) is 0.474. The van der Waals surface area contributed by atoms with Crippen LogP contribution in [-0.4, -0.2) is 99.8 Å². The predicted molar refractivity (Wildman–Crippen MR) is 83.8 cm³/mol. The Labute approximate surface area is 148 Å². The zero-order valence-electron chi connectivity index (χ0n) is 14.1. The molecule has 0 aromatic heterocycles. The van der Waals surface area contributed by atoms with Crippen molar-refractivity contribution in [3.05, 3.63) is 9.81 Å². The van der Waals surface area contributed by atoms with Crippen molar-refractivity contribution in [3.8, 4) is 0 Å². The zero-order valence-corrected chi connectivity index (χ0v) is 14.1. The first-order chi connectivity index (χ1) is 12.4. The normalized spacial score (nSPS) is 46.7. The highest BCUT2D eigenvalue weighted by Gasteiger charge is 2.51. The number of ether oxygens (including phenoxy) is 3. The fourth-order valence-electron chi connectivity index (χ4n) is 3.26. The number of nitroso groups, excluding NO2 is 2. The predicted octanol–water partition coefficient (Wildman–Crippen LogP) is -2.39. The number of aliphatic hydroxyl groups excluding tert-OH is 5. The third-order valence-electron chi connectivity index (χ3n) is 4.75. The molecule has 0 amide bonds. The highest BCUT2D eigenvalue weighted by Crippen LogP contribution is 2.31. The molecule has 5 N–H and O–H groups in total. The molecule has 2 aliphatic heterocycles. The van der Waals surface area contributed by atoms with Gasteiger partial charge >= 0.3 is 0 Å². The Hall–Kier alpha value is -1.12. The van der Waals surface area contributed by atoms with E-state index in [-0.39, 0.29) is 0 Å². The van der Waals surface area contributed by atoms with E-state index in [1.165, 1.54) is 0 Å². The molecular formula is C14H24N2O10. The first kappa shape index (κ1) is 21.2. The standard InChI is InChI=1S/C14H24N2O10/c1-2-5-10(19)9(16-23)13(7(4-18)24-5)26-14-12(21)11(20)8(15-22)6(3-17)25-14/h5-14,17-21H,2-4H2,1H3. The van der Waals surface area contributed by atoms with Gasteiger partial charge in [-0.1, -0.05) is 17.3 Å². The van der Waals surface area contributed by atoms with Crippen molar-refractivity contribution in [1.29, 1.82) is 0 Å². The molecule has 0 aromatic carbocycles. The average molecular weight is 380 g/mol. The molecule has 12 heteroatoms. The van der Waals surface area contributed by atoms with Crippen LogP contribution >= 0.6 is 0 Å². The van der Waals surface area contributed by atoms with Gasteiger partial charge in [-0.15, -0.1) is 0 Å². The van der Waals surface area contributed by atoms with Crippen LogP contribution in [-0.2, 0) is 14.2 Å². The molecule has 12 nitrogen and oxygen atoms in total. The second kappa shape index (κ2) is 9.19. The summed E-state index contributed by atoms with van der Waals surface area (Å²) < 4.78 is 16.2. The van der Waals surface area contributed by atoms with Gasteiger partial charge in [0.25, 0.3) is 0 Å². The molecule has 2 fully saturated rings. The van der Waals surface area contributed by atoms with Crippen molar-refractivity contribution < 1.29 is 39.7 Å². The highest BCUT2D eigenvalue weighted by atomic mass is 16.7. The second-order valence-corrected chi connectivity index (χ2v) is 6.29. The summed E-state index contributed by atoms with van der Waals surface area (Å²) in [5, 5.41) is 54.6. The van der Waals surface area contributed by atoms with Crippen molar-refractivity contribution in [2.75, 3.05) is 13.2 Å². The summed E-state index contributed by atoms with van der Waals surface area (Å²) in [6.07, 6.45) is -10.3. The van der Waals surface area contributed by atoms with Crippen LogP contribution in [0.25, 0.3) is 0 Å². The smallest absolute Gasteiger partial charge is 0.187 e. The van der Waals surface area contributed by atoms with Crippen molar-refractivity contribution in [1.82, 2.24) is 0 Å². The second-order valence-electron chi connectivity index (χ2n) is 6.29. The average Bonchev–Trinajstić information content (AvgIpc) is 2.65. The molecule has 2 rings (SSSR count). The highest BCUT2D eigenvalue weighted by molar-refractivity contribution is 4.99. The van der Waals surface area contributed by atoms with Crippen LogP contribution in [0.2, 0.25) is 0 Å². The third kappa shape index (κ3) is 3.92. The van der Waals surface area contributed by atoms with Crippen LogP contribution in [0.1, 0.15) is 13.3 Å². The van der Waals surface area contributed by atoms with Gasteiger partial charge in [0, 0.05) is 0 Å². The molecule has 10 unspecified atom stereocenters. The largest absolute Gasteiger partial charge is 0.394 e. The van der Waals surface area contributed by atoms with Crippen LogP contribution in [0.4, 0.5) is 0 Å². The zero-order chi connectivity index (χ0) is 19.4. The maximum absolute atomic E-state index is 11.2. The molecule has 0 aromatic rings. The van der Waals surface area contributed by atoms with Gasteiger partial charge in [-0.05, 0) is 6.42 Å². The Balaban J connectivity index is 2.20. The van der Waals surface area contributed by atoms with Gasteiger partial charge in [0.15, 0.2) is 6.29 Å². The van der Waals surface area contributed by atoms with Gasteiger partial charge in [0.1, 0.15) is 48.7 Å². The van der Waals surface area contributed by atoms with E-state index < -0.39 is 74.3 Å². The molecule has 2 saturated heterocycles. The van der Waals surface area contributed by atoms with E-state index in [4.69, 9.17) is 14.2 Å². The van der Waals surface area contributed by atoms with Crippen molar-refractivity contribution >= 4 is 0 Å². The molecule has 0 radical (unpaired) electrons. The Morgan fingerprint density at radius 1 is 0.846 bits per heavy atom. The summed E-state index contributed by atoms with van der Waals surface area (Å²) in [6, 6.07) is -2.74. The minimum Gasteiger partial charge on any atom is -0.394 e. The van der Waals surface area contributed by atoms with E-state index in [1.54, 1.807) is 6.92 Å². The van der Waals surface area contributed by atoms with Gasteiger partial charge in [0.2, 0.25) is 0 Å². The minimum atomic E-state index is -1.73. The lowest BCUT2D eigenvalue weighted by Crippen LogP contribution is -2.63. The number of hydrogen-bond acceptors (Lipinski definition) is 12. The van der Waals surface area contributed by atoms with E-state index in [0.29, 0.717) is 6.42 Å². The lowest BCUT2D eigenvalue weighted by molar-refractivity contribution is -0.315. The molecule has 0 aliphatic carbocycles. The van der Waals surface area contributed by atoms with Gasteiger partial charge in [-0.25, -0.2) is 0 Å². The van der Waals surface area contributed by atoms with Crippen LogP contribution in [0.5, 0.6) is 0 Å². The monoisotopic (exact) mass is 380 g/mol. The molecule has 0 saturated carbocycles. The SMILES string of the molecule is CCC1OC(CO)C(OC2OC(CO)C(N=O)C(O)C2O)C(N=O)C1O. The molecule has 150 valence electrons. The summed E-state index contributed by atoms with van der Waals surface area (Å²) in [5.74, 6) is 0. The van der Waals surface area contributed by atoms with Crippen LogP contribution in [0.3, 0.4) is 0 Å². The fraction of sp³-hybridized carbons (Fsp3) is 1.00. The molecule has 2 heterocycles. The van der Waals surface area contributed by atoms with E-state index >= 15 is 0 Å². The van der Waals surface area contributed by atoms with Gasteiger partial charge in [-0.2, -0.15) is 9.81 Å². The summed E-state index contributed by atoms with van der Waals surface area (Å²) in [7, 11) is 0. The van der Waals surface area contributed by atoms with Gasteiger partial charge < -0.3 is 39.7 Å². The first-order valence-electron chi connectivity index (χ1n) is 8.30. The van der Waals surface area contributed by atoms with Gasteiger partial charge in [0.05, 0.1) is 19.3 Å². The Bertz CT molecular complexity index is 481. The summed E-state index contributed by atoms with van der Waals surface area (Å²) in [4.78, 5) is 22.0. The van der Waals surface area contributed by atoms with Crippen LogP contribution < -0.4 is 0 Å². The van der Waals surface area contributed by atoms with Crippen molar-refractivity contribution in [2.45, 2.75) is 74.4 Å². The van der Waals surface area contributed by atoms with Crippen molar-refractivity contribution in [2.24, 2.45) is 10.4 Å². The summed E-state index contributed by atoms with van der Waals surface area (Å²) >= 11 is 0. The van der Waals surface area contributed by atoms with E-state index in [1.807, 2.05) is 0 Å². The molecule has 0 bridgehead atoms. The number of nitrogens with zero attached hydrogens (tertiary/aromatic N) is 2. The van der Waals surface area contributed by atoms with E-state index in [2.05, 4.69) is 10.4 Å². The van der Waals surface area contributed by atoms with E-state index in [9.17, 15) is 35.3 Å². The van der Waals surface area contributed by atoms with E-state index in [0.717, 1.165) is 0 Å². The Morgan fingerprint density at radius 2 is 1.46 bits per heavy atom. The Morgan fingerprint density at radius 3 is 1.96 bits per heavy atom. The maximum Gasteiger partial charge on any atom is 0.187 e. The van der Waals surface area contributed by atoms with Crippen LogP contribution in [0.15, 0.2) is 10.4 Å². The topological polar surface area (TPSA) is 188 Å². The van der Waals surface area contributed by atoms with Crippen molar-refractivity contribution in [3.63, 3.8) is 0 Å². The third-order valence-corrected chi connectivity index (χ3v) is 4.75. The molecule has 10 atom stereocenters. The van der Waals surface area contributed by atoms with Crippen LogP contribution in [0, 0.1) is 9.81 Å². The molecule has 0 spiro atoms. The molecule has 26 heavy (non-hydrogen) atoms. The maximum atomic E-state index is 11.2. The first-order valence-corrected chi connectivity index (χ1v) is 8.30. The molecular weight excluding hydrogens is 356 g/mol. The molecule has 2 aliphatic rings. The van der Waals surface area contributed by atoms with Gasteiger partial charge in [-0.3, -0.25) is 0 Å².